The maximum absolute atomic E-state index is 12.1. The minimum absolute atomic E-state index is 0.133. The second-order valence-electron chi connectivity index (χ2n) is 5.21. The van der Waals surface area contributed by atoms with Crippen molar-refractivity contribution >= 4 is 17.4 Å². The van der Waals surface area contributed by atoms with Crippen molar-refractivity contribution in [3.8, 4) is 11.4 Å². The third-order valence-electron chi connectivity index (χ3n) is 3.70. The second-order valence-corrected chi connectivity index (χ2v) is 5.59. The van der Waals surface area contributed by atoms with Crippen molar-refractivity contribution in [1.82, 2.24) is 25.5 Å². The van der Waals surface area contributed by atoms with E-state index in [1.807, 2.05) is 6.92 Å². The van der Waals surface area contributed by atoms with Gasteiger partial charge in [-0.15, -0.1) is 0 Å². The van der Waals surface area contributed by atoms with Crippen molar-refractivity contribution in [2.45, 2.75) is 19.9 Å². The van der Waals surface area contributed by atoms with Crippen LogP contribution >= 0.6 is 11.6 Å². The molecule has 0 aliphatic carbocycles. The summed E-state index contributed by atoms with van der Waals surface area (Å²) in [6.45, 7) is 6.40. The number of aromatic nitrogens is 4. The number of anilines is 1. The Morgan fingerprint density at radius 3 is 2.95 bits per heavy atom. The molecule has 0 radical (unpaired) electrons. The molecule has 0 saturated carbocycles. The van der Waals surface area contributed by atoms with Gasteiger partial charge in [-0.25, -0.2) is 4.98 Å². The summed E-state index contributed by atoms with van der Waals surface area (Å²) < 4.78 is 0. The zero-order valence-electron chi connectivity index (χ0n) is 11.9. The van der Waals surface area contributed by atoms with Gasteiger partial charge >= 0.3 is 0 Å². The molecule has 3 rings (SSSR count). The Hall–Kier alpha value is -1.86. The quantitative estimate of drug-likeness (QED) is 0.767. The van der Waals surface area contributed by atoms with E-state index in [1.165, 1.54) is 0 Å². The standard InChI is InChI=1S/C13H17ClN6O/c1-7-5-15-3-4-20(7)12-10(14)13(21)18-11(17-12)9-6-16-19-8(9)2/h6-7,15H,3-5H2,1-2H3,(H,16,19)(H,17,18,21). The fraction of sp³-hybridized carbons (Fsp3) is 0.462. The van der Waals surface area contributed by atoms with E-state index in [1.54, 1.807) is 6.20 Å². The average molecular weight is 309 g/mol. The molecule has 0 spiro atoms. The van der Waals surface area contributed by atoms with Gasteiger partial charge in [0, 0.05) is 31.4 Å². The highest BCUT2D eigenvalue weighted by atomic mass is 35.5. The molecule has 1 saturated heterocycles. The largest absolute Gasteiger partial charge is 0.350 e. The molecule has 3 heterocycles. The first-order valence-electron chi connectivity index (χ1n) is 6.85. The molecule has 2 aromatic heterocycles. The third kappa shape index (κ3) is 2.54. The van der Waals surface area contributed by atoms with Crippen LogP contribution in [0.15, 0.2) is 11.0 Å². The molecule has 21 heavy (non-hydrogen) atoms. The Kier molecular flexibility index (Phi) is 3.69. The van der Waals surface area contributed by atoms with Crippen LogP contribution in [-0.4, -0.2) is 45.8 Å². The van der Waals surface area contributed by atoms with Crippen molar-refractivity contribution in [1.29, 1.82) is 0 Å². The first-order valence-corrected chi connectivity index (χ1v) is 7.23. The molecule has 0 bridgehead atoms. The molecule has 3 N–H and O–H groups in total. The first-order chi connectivity index (χ1) is 10.1. The van der Waals surface area contributed by atoms with E-state index in [0.29, 0.717) is 11.6 Å². The molecule has 8 heteroatoms. The minimum atomic E-state index is -0.331. The lowest BCUT2D eigenvalue weighted by atomic mass is 10.2. The normalized spacial score (nSPS) is 19.0. The van der Waals surface area contributed by atoms with Crippen molar-refractivity contribution in [3.05, 3.63) is 27.3 Å². The van der Waals surface area contributed by atoms with E-state index in [4.69, 9.17) is 11.6 Å². The Labute approximate surface area is 126 Å². The number of nitrogens with zero attached hydrogens (tertiary/aromatic N) is 3. The molecular weight excluding hydrogens is 292 g/mol. The Bertz CT molecular complexity index is 709. The van der Waals surface area contributed by atoms with E-state index in [9.17, 15) is 4.79 Å². The number of aromatic amines is 2. The zero-order chi connectivity index (χ0) is 15.0. The SMILES string of the molecule is Cc1[nH]ncc1-c1nc(N2CCNCC2C)c(Cl)c(=O)[nH]1. The van der Waals surface area contributed by atoms with Gasteiger partial charge in [0.2, 0.25) is 0 Å². The minimum Gasteiger partial charge on any atom is -0.350 e. The highest BCUT2D eigenvalue weighted by Crippen LogP contribution is 2.26. The van der Waals surface area contributed by atoms with Crippen LogP contribution in [0, 0.1) is 6.92 Å². The van der Waals surface area contributed by atoms with Crippen LogP contribution in [0.3, 0.4) is 0 Å². The fourth-order valence-electron chi connectivity index (χ4n) is 2.51. The number of rotatable bonds is 2. The second kappa shape index (κ2) is 5.50. The number of hydrogen-bond donors (Lipinski definition) is 3. The maximum atomic E-state index is 12.1. The highest BCUT2D eigenvalue weighted by molar-refractivity contribution is 6.32. The number of aryl methyl sites for hydroxylation is 1. The monoisotopic (exact) mass is 308 g/mol. The fourth-order valence-corrected chi connectivity index (χ4v) is 2.71. The smallest absolute Gasteiger partial charge is 0.272 e. The van der Waals surface area contributed by atoms with Crippen molar-refractivity contribution in [2.24, 2.45) is 0 Å². The van der Waals surface area contributed by atoms with Crippen LogP contribution in [0.1, 0.15) is 12.6 Å². The number of halogens is 1. The average Bonchev–Trinajstić information content (AvgIpc) is 2.89. The number of H-pyrrole nitrogens is 2. The van der Waals surface area contributed by atoms with Crippen LogP contribution in [0.25, 0.3) is 11.4 Å². The summed E-state index contributed by atoms with van der Waals surface area (Å²) >= 11 is 6.17. The summed E-state index contributed by atoms with van der Waals surface area (Å²) in [6.07, 6.45) is 1.65. The van der Waals surface area contributed by atoms with Gasteiger partial charge in [-0.05, 0) is 13.8 Å². The van der Waals surface area contributed by atoms with Gasteiger partial charge in [0.15, 0.2) is 5.82 Å². The molecule has 1 aliphatic heterocycles. The van der Waals surface area contributed by atoms with Gasteiger partial charge in [-0.2, -0.15) is 5.10 Å². The summed E-state index contributed by atoms with van der Waals surface area (Å²) in [4.78, 5) is 21.5. The molecule has 0 aromatic carbocycles. The summed E-state index contributed by atoms with van der Waals surface area (Å²) in [6, 6.07) is 0.226. The van der Waals surface area contributed by atoms with Crippen molar-refractivity contribution in [3.63, 3.8) is 0 Å². The lowest BCUT2D eigenvalue weighted by Crippen LogP contribution is -2.50. The van der Waals surface area contributed by atoms with Crippen LogP contribution in [-0.2, 0) is 0 Å². The predicted octanol–water partition coefficient (Wildman–Crippen LogP) is 0.920. The Morgan fingerprint density at radius 1 is 1.48 bits per heavy atom. The summed E-state index contributed by atoms with van der Waals surface area (Å²) in [5.41, 5.74) is 1.29. The van der Waals surface area contributed by atoms with Gasteiger partial charge in [-0.3, -0.25) is 9.89 Å². The topological polar surface area (TPSA) is 89.7 Å². The predicted molar refractivity (Wildman–Crippen MR) is 81.9 cm³/mol. The first kappa shape index (κ1) is 14.1. The van der Waals surface area contributed by atoms with Crippen LogP contribution in [0.4, 0.5) is 5.82 Å². The number of nitrogens with one attached hydrogen (secondary N) is 3. The molecule has 7 nitrogen and oxygen atoms in total. The Morgan fingerprint density at radius 2 is 2.29 bits per heavy atom. The van der Waals surface area contributed by atoms with Crippen LogP contribution in [0.2, 0.25) is 5.02 Å². The van der Waals surface area contributed by atoms with Gasteiger partial charge in [-0.1, -0.05) is 11.6 Å². The number of piperazine rings is 1. The molecule has 0 amide bonds. The molecule has 1 aliphatic rings. The van der Waals surface area contributed by atoms with E-state index in [-0.39, 0.29) is 16.6 Å². The van der Waals surface area contributed by atoms with E-state index >= 15 is 0 Å². The highest BCUT2D eigenvalue weighted by Gasteiger charge is 2.24. The summed E-state index contributed by atoms with van der Waals surface area (Å²) in [5, 5.41) is 10.2. The van der Waals surface area contributed by atoms with Gasteiger partial charge in [0.1, 0.15) is 10.8 Å². The lowest BCUT2D eigenvalue weighted by Gasteiger charge is -2.35. The lowest BCUT2D eigenvalue weighted by molar-refractivity contribution is 0.497. The van der Waals surface area contributed by atoms with Crippen molar-refractivity contribution in [2.75, 3.05) is 24.5 Å². The maximum Gasteiger partial charge on any atom is 0.272 e. The molecule has 1 atom stereocenters. The van der Waals surface area contributed by atoms with Gasteiger partial charge in [0.05, 0.1) is 11.8 Å². The molecular formula is C13H17ClN6O. The van der Waals surface area contributed by atoms with E-state index < -0.39 is 0 Å². The molecule has 2 aromatic rings. The molecule has 1 fully saturated rings. The van der Waals surface area contributed by atoms with Crippen molar-refractivity contribution < 1.29 is 0 Å². The van der Waals surface area contributed by atoms with Crippen LogP contribution < -0.4 is 15.8 Å². The molecule has 1 unspecified atom stereocenters. The summed E-state index contributed by atoms with van der Waals surface area (Å²) in [5.74, 6) is 1.02. The van der Waals surface area contributed by atoms with E-state index in [0.717, 1.165) is 30.9 Å². The van der Waals surface area contributed by atoms with Gasteiger partial charge in [0.25, 0.3) is 5.56 Å². The van der Waals surface area contributed by atoms with Gasteiger partial charge < -0.3 is 15.2 Å². The zero-order valence-corrected chi connectivity index (χ0v) is 12.7. The van der Waals surface area contributed by atoms with Crippen LogP contribution in [0.5, 0.6) is 0 Å². The Balaban J connectivity index is 2.10. The summed E-state index contributed by atoms with van der Waals surface area (Å²) in [7, 11) is 0. The van der Waals surface area contributed by atoms with E-state index in [2.05, 4.69) is 37.3 Å². The molecule has 112 valence electrons. The number of hydrogen-bond acceptors (Lipinski definition) is 5. The third-order valence-corrected chi connectivity index (χ3v) is 4.04.